The van der Waals surface area contributed by atoms with Crippen LogP contribution in [0.3, 0.4) is 0 Å². The van der Waals surface area contributed by atoms with Gasteiger partial charge in [-0.2, -0.15) is 5.26 Å². The molecule has 1 unspecified atom stereocenters. The van der Waals surface area contributed by atoms with Gasteiger partial charge in [0.2, 0.25) is 0 Å². The van der Waals surface area contributed by atoms with Crippen LogP contribution < -0.4 is 4.74 Å². The first-order valence-electron chi connectivity index (χ1n) is 7.29. The summed E-state index contributed by atoms with van der Waals surface area (Å²) in [5.41, 5.74) is 0.602. The monoisotopic (exact) mass is 274 g/mol. The molecular formula is C16H22N2O2. The second kappa shape index (κ2) is 7.88. The van der Waals surface area contributed by atoms with Crippen molar-refractivity contribution in [3.05, 3.63) is 29.8 Å². The van der Waals surface area contributed by atoms with Gasteiger partial charge in [0, 0.05) is 19.1 Å². The lowest BCUT2D eigenvalue weighted by Crippen LogP contribution is -2.45. The van der Waals surface area contributed by atoms with E-state index < -0.39 is 0 Å². The molecule has 108 valence electrons. The molecule has 0 aromatic heterocycles. The number of benzene rings is 1. The lowest BCUT2D eigenvalue weighted by molar-refractivity contribution is -0.0102. The molecule has 4 nitrogen and oxygen atoms in total. The first-order chi connectivity index (χ1) is 9.85. The Hall–Kier alpha value is -1.57. The van der Waals surface area contributed by atoms with Gasteiger partial charge in [0.15, 0.2) is 0 Å². The minimum Gasteiger partial charge on any atom is -0.492 e. The van der Waals surface area contributed by atoms with Crippen molar-refractivity contribution in [2.45, 2.75) is 25.8 Å². The van der Waals surface area contributed by atoms with Crippen LogP contribution in [0.4, 0.5) is 0 Å². The number of nitrogens with zero attached hydrogens (tertiary/aromatic N) is 2. The minimum atomic E-state index is 0.537. The van der Waals surface area contributed by atoms with E-state index in [1.54, 1.807) is 6.07 Å². The van der Waals surface area contributed by atoms with E-state index in [0.29, 0.717) is 24.0 Å². The van der Waals surface area contributed by atoms with Gasteiger partial charge in [0.1, 0.15) is 11.8 Å². The second-order valence-corrected chi connectivity index (χ2v) is 4.98. The zero-order chi connectivity index (χ0) is 14.2. The van der Waals surface area contributed by atoms with Gasteiger partial charge in [-0.3, -0.25) is 4.90 Å². The van der Waals surface area contributed by atoms with Gasteiger partial charge in [-0.1, -0.05) is 19.1 Å². The molecule has 1 atom stereocenters. The van der Waals surface area contributed by atoms with Crippen LogP contribution in [0.2, 0.25) is 0 Å². The number of rotatable bonds is 6. The number of morpholine rings is 1. The summed E-state index contributed by atoms with van der Waals surface area (Å²) in [4.78, 5) is 2.48. The Morgan fingerprint density at radius 2 is 2.30 bits per heavy atom. The van der Waals surface area contributed by atoms with E-state index in [0.717, 1.165) is 39.1 Å². The summed E-state index contributed by atoms with van der Waals surface area (Å²) < 4.78 is 11.2. The molecule has 1 heterocycles. The van der Waals surface area contributed by atoms with Crippen molar-refractivity contribution in [1.82, 2.24) is 4.90 Å². The normalized spacial score (nSPS) is 19.5. The van der Waals surface area contributed by atoms with Gasteiger partial charge in [-0.15, -0.1) is 0 Å². The number of para-hydroxylation sites is 1. The maximum atomic E-state index is 8.99. The van der Waals surface area contributed by atoms with Gasteiger partial charge in [-0.25, -0.2) is 0 Å². The van der Waals surface area contributed by atoms with E-state index in [1.807, 2.05) is 18.2 Å². The van der Waals surface area contributed by atoms with Crippen molar-refractivity contribution in [3.8, 4) is 11.8 Å². The largest absolute Gasteiger partial charge is 0.492 e. The first-order valence-corrected chi connectivity index (χ1v) is 7.29. The minimum absolute atomic E-state index is 0.537. The summed E-state index contributed by atoms with van der Waals surface area (Å²) in [7, 11) is 0. The number of ether oxygens (including phenoxy) is 2. The predicted octanol–water partition coefficient (Wildman–Crippen LogP) is 2.44. The van der Waals surface area contributed by atoms with Gasteiger partial charge >= 0.3 is 0 Å². The fraction of sp³-hybridized carbons (Fsp3) is 0.562. The highest BCUT2D eigenvalue weighted by molar-refractivity contribution is 5.42. The SMILES string of the molecule is CCC1COCCN1CCCOc1ccccc1C#N. The topological polar surface area (TPSA) is 45.5 Å². The Morgan fingerprint density at radius 3 is 3.10 bits per heavy atom. The van der Waals surface area contributed by atoms with Crippen LogP contribution in [0.5, 0.6) is 5.75 Å². The van der Waals surface area contributed by atoms with Crippen molar-refractivity contribution >= 4 is 0 Å². The highest BCUT2D eigenvalue weighted by Gasteiger charge is 2.20. The quantitative estimate of drug-likeness (QED) is 0.747. The molecule has 1 aromatic carbocycles. The third-order valence-electron chi connectivity index (χ3n) is 3.68. The zero-order valence-electron chi connectivity index (χ0n) is 12.0. The van der Waals surface area contributed by atoms with Crippen LogP contribution in [0.15, 0.2) is 24.3 Å². The molecule has 0 spiro atoms. The molecule has 1 aromatic rings. The second-order valence-electron chi connectivity index (χ2n) is 4.98. The predicted molar refractivity (Wildman–Crippen MR) is 77.7 cm³/mol. The van der Waals surface area contributed by atoms with Crippen LogP contribution in [0.1, 0.15) is 25.3 Å². The number of hydrogen-bond donors (Lipinski definition) is 0. The molecule has 0 saturated carbocycles. The fourth-order valence-corrected chi connectivity index (χ4v) is 2.49. The van der Waals surface area contributed by atoms with E-state index in [1.165, 1.54) is 0 Å². The molecule has 0 N–H and O–H groups in total. The van der Waals surface area contributed by atoms with E-state index >= 15 is 0 Å². The van der Waals surface area contributed by atoms with E-state index in [-0.39, 0.29) is 0 Å². The molecule has 1 aliphatic rings. The van der Waals surface area contributed by atoms with Gasteiger partial charge in [0.25, 0.3) is 0 Å². The van der Waals surface area contributed by atoms with Crippen molar-refractivity contribution in [3.63, 3.8) is 0 Å². The summed E-state index contributed by atoms with van der Waals surface area (Å²) in [6, 6.07) is 10.1. The Morgan fingerprint density at radius 1 is 1.45 bits per heavy atom. The zero-order valence-corrected chi connectivity index (χ0v) is 12.0. The first kappa shape index (κ1) is 14.8. The van der Waals surface area contributed by atoms with E-state index in [2.05, 4.69) is 17.9 Å². The average Bonchev–Trinajstić information content (AvgIpc) is 2.52. The summed E-state index contributed by atoms with van der Waals surface area (Å²) in [6.45, 7) is 6.55. The molecule has 4 heteroatoms. The Kier molecular flexibility index (Phi) is 5.85. The Balaban J connectivity index is 1.75. The molecule has 1 saturated heterocycles. The van der Waals surface area contributed by atoms with Crippen LogP contribution >= 0.6 is 0 Å². The van der Waals surface area contributed by atoms with Gasteiger partial charge in [0.05, 0.1) is 25.4 Å². The lowest BCUT2D eigenvalue weighted by Gasteiger charge is -2.34. The van der Waals surface area contributed by atoms with Crippen LogP contribution in [0.25, 0.3) is 0 Å². The van der Waals surface area contributed by atoms with E-state index in [9.17, 15) is 0 Å². The molecule has 1 fully saturated rings. The van der Waals surface area contributed by atoms with Crippen LogP contribution in [-0.4, -0.2) is 43.9 Å². The fourth-order valence-electron chi connectivity index (χ4n) is 2.49. The molecule has 0 radical (unpaired) electrons. The molecule has 0 amide bonds. The molecule has 0 aliphatic carbocycles. The van der Waals surface area contributed by atoms with Gasteiger partial charge in [-0.05, 0) is 25.0 Å². The van der Waals surface area contributed by atoms with Crippen LogP contribution in [-0.2, 0) is 4.74 Å². The molecule has 20 heavy (non-hydrogen) atoms. The van der Waals surface area contributed by atoms with E-state index in [4.69, 9.17) is 14.7 Å². The summed E-state index contributed by atoms with van der Waals surface area (Å²) >= 11 is 0. The Labute approximate surface area is 120 Å². The van der Waals surface area contributed by atoms with Gasteiger partial charge < -0.3 is 9.47 Å². The van der Waals surface area contributed by atoms with Crippen molar-refractivity contribution < 1.29 is 9.47 Å². The van der Waals surface area contributed by atoms with Crippen LogP contribution in [0, 0.1) is 11.3 Å². The smallest absolute Gasteiger partial charge is 0.137 e. The third-order valence-corrected chi connectivity index (χ3v) is 3.68. The summed E-state index contributed by atoms with van der Waals surface area (Å²) in [6.07, 6.45) is 2.09. The molecule has 0 bridgehead atoms. The molecular weight excluding hydrogens is 252 g/mol. The number of nitriles is 1. The van der Waals surface area contributed by atoms with Crippen molar-refractivity contribution in [2.24, 2.45) is 0 Å². The van der Waals surface area contributed by atoms with Crippen molar-refractivity contribution in [1.29, 1.82) is 5.26 Å². The molecule has 2 rings (SSSR count). The highest BCUT2D eigenvalue weighted by Crippen LogP contribution is 2.17. The maximum absolute atomic E-state index is 8.99. The third kappa shape index (κ3) is 3.96. The summed E-state index contributed by atoms with van der Waals surface area (Å²) in [5.74, 6) is 0.684. The molecule has 1 aliphatic heterocycles. The average molecular weight is 274 g/mol. The highest BCUT2D eigenvalue weighted by atomic mass is 16.5. The Bertz CT molecular complexity index is 456. The maximum Gasteiger partial charge on any atom is 0.137 e. The number of hydrogen-bond acceptors (Lipinski definition) is 4. The lowest BCUT2D eigenvalue weighted by atomic mass is 10.1. The van der Waals surface area contributed by atoms with Crippen molar-refractivity contribution in [2.75, 3.05) is 32.9 Å². The summed E-state index contributed by atoms with van der Waals surface area (Å²) in [5, 5.41) is 8.99. The standard InChI is InChI=1S/C16H22N2O2/c1-2-15-13-19-11-9-18(15)8-5-10-20-16-7-4-3-6-14(16)12-17/h3-4,6-7,15H,2,5,8-11,13H2,1H3.